The van der Waals surface area contributed by atoms with Crippen molar-refractivity contribution in [2.45, 2.75) is 18.6 Å². The molecular formula is C21H23N5O5S. The quantitative estimate of drug-likeness (QED) is 0.193. The van der Waals surface area contributed by atoms with Crippen LogP contribution in [-0.2, 0) is 11.3 Å². The average Bonchev–Trinajstić information content (AvgIpc) is 3.22. The van der Waals surface area contributed by atoms with Crippen LogP contribution in [0.1, 0.15) is 12.5 Å². The molecule has 168 valence electrons. The van der Waals surface area contributed by atoms with Crippen LogP contribution >= 0.6 is 11.8 Å². The van der Waals surface area contributed by atoms with Crippen LogP contribution in [0.15, 0.2) is 46.7 Å². The molecule has 0 aliphatic heterocycles. The SMILES string of the molecule is CCn1c(SCC(=O)N/N=C/c2ccc(O)c(O)c2)nnc1-c1ccc(OC)c(OC)c1. The van der Waals surface area contributed by atoms with E-state index in [9.17, 15) is 15.0 Å². The van der Waals surface area contributed by atoms with Crippen LogP contribution in [-0.4, -0.2) is 57.1 Å². The highest BCUT2D eigenvalue weighted by Gasteiger charge is 2.16. The molecule has 0 radical (unpaired) electrons. The van der Waals surface area contributed by atoms with Crippen LogP contribution in [0.3, 0.4) is 0 Å². The molecule has 0 spiro atoms. The summed E-state index contributed by atoms with van der Waals surface area (Å²) in [6, 6.07) is 9.72. The van der Waals surface area contributed by atoms with Gasteiger partial charge in [-0.3, -0.25) is 4.79 Å². The number of phenolic OH excluding ortho intramolecular Hbond substituents is 2. The van der Waals surface area contributed by atoms with Crippen LogP contribution in [0.25, 0.3) is 11.4 Å². The summed E-state index contributed by atoms with van der Waals surface area (Å²) in [6.07, 6.45) is 1.37. The third kappa shape index (κ3) is 5.30. The number of ether oxygens (including phenoxy) is 2. The normalized spacial score (nSPS) is 11.0. The monoisotopic (exact) mass is 457 g/mol. The zero-order chi connectivity index (χ0) is 23.1. The van der Waals surface area contributed by atoms with Crippen LogP contribution in [0.5, 0.6) is 23.0 Å². The fraction of sp³-hybridized carbons (Fsp3) is 0.238. The Morgan fingerprint density at radius 3 is 2.59 bits per heavy atom. The van der Waals surface area contributed by atoms with E-state index in [2.05, 4.69) is 20.7 Å². The van der Waals surface area contributed by atoms with Crippen molar-refractivity contribution in [3.63, 3.8) is 0 Å². The first kappa shape index (κ1) is 22.9. The largest absolute Gasteiger partial charge is 0.504 e. The van der Waals surface area contributed by atoms with Gasteiger partial charge in [0.15, 0.2) is 34.0 Å². The minimum atomic E-state index is -0.326. The first-order chi connectivity index (χ1) is 15.5. The Morgan fingerprint density at radius 1 is 1.12 bits per heavy atom. The summed E-state index contributed by atoms with van der Waals surface area (Å²) in [5, 5.41) is 31.7. The van der Waals surface area contributed by atoms with E-state index >= 15 is 0 Å². The van der Waals surface area contributed by atoms with Crippen LogP contribution in [0.2, 0.25) is 0 Å². The lowest BCUT2D eigenvalue weighted by atomic mass is 10.2. The highest BCUT2D eigenvalue weighted by atomic mass is 32.2. The number of carbonyl (C=O) groups excluding carboxylic acids is 1. The Balaban J connectivity index is 1.64. The predicted molar refractivity (Wildman–Crippen MR) is 120 cm³/mol. The van der Waals surface area contributed by atoms with Crippen molar-refractivity contribution in [2.24, 2.45) is 5.10 Å². The molecule has 0 aliphatic rings. The molecule has 3 rings (SSSR count). The number of benzene rings is 2. The lowest BCUT2D eigenvalue weighted by Gasteiger charge is -2.10. The number of rotatable bonds is 9. The van der Waals surface area contributed by atoms with E-state index < -0.39 is 0 Å². The molecule has 1 heterocycles. The van der Waals surface area contributed by atoms with Crippen molar-refractivity contribution in [3.05, 3.63) is 42.0 Å². The third-order valence-electron chi connectivity index (χ3n) is 4.41. The molecule has 3 aromatic rings. The maximum Gasteiger partial charge on any atom is 0.250 e. The van der Waals surface area contributed by atoms with E-state index in [1.807, 2.05) is 23.6 Å². The summed E-state index contributed by atoms with van der Waals surface area (Å²) in [7, 11) is 3.14. The molecule has 0 atom stereocenters. The van der Waals surface area contributed by atoms with Crippen molar-refractivity contribution in [1.82, 2.24) is 20.2 Å². The molecule has 2 aromatic carbocycles. The van der Waals surface area contributed by atoms with E-state index in [1.165, 1.54) is 30.1 Å². The van der Waals surface area contributed by atoms with Gasteiger partial charge in [0.2, 0.25) is 0 Å². The zero-order valence-electron chi connectivity index (χ0n) is 17.8. The number of aromatic hydroxyl groups is 2. The predicted octanol–water partition coefficient (Wildman–Crippen LogP) is 2.64. The first-order valence-electron chi connectivity index (χ1n) is 9.59. The maximum atomic E-state index is 12.1. The zero-order valence-corrected chi connectivity index (χ0v) is 18.6. The van der Waals surface area contributed by atoms with Gasteiger partial charge in [0.05, 0.1) is 26.2 Å². The van der Waals surface area contributed by atoms with Gasteiger partial charge in [0.1, 0.15) is 0 Å². The molecule has 0 fully saturated rings. The molecular weight excluding hydrogens is 434 g/mol. The van der Waals surface area contributed by atoms with Gasteiger partial charge >= 0.3 is 0 Å². The number of hydrazone groups is 1. The van der Waals surface area contributed by atoms with Gasteiger partial charge in [0.25, 0.3) is 5.91 Å². The number of aromatic nitrogens is 3. The van der Waals surface area contributed by atoms with Crippen molar-refractivity contribution >= 4 is 23.9 Å². The lowest BCUT2D eigenvalue weighted by molar-refractivity contribution is -0.118. The van der Waals surface area contributed by atoms with E-state index in [0.717, 1.165) is 5.56 Å². The third-order valence-corrected chi connectivity index (χ3v) is 5.38. The highest BCUT2D eigenvalue weighted by molar-refractivity contribution is 7.99. The Hall–Kier alpha value is -3.73. The Kier molecular flexibility index (Phi) is 7.55. The molecule has 11 heteroatoms. The second kappa shape index (κ2) is 10.5. The summed E-state index contributed by atoms with van der Waals surface area (Å²) in [4.78, 5) is 12.1. The molecule has 0 unspecified atom stereocenters. The molecule has 32 heavy (non-hydrogen) atoms. The molecule has 0 saturated heterocycles. The second-order valence-corrected chi connectivity index (χ2v) is 7.39. The number of methoxy groups -OCH3 is 2. The van der Waals surface area contributed by atoms with E-state index in [4.69, 9.17) is 9.47 Å². The topological polar surface area (TPSA) is 131 Å². The maximum absolute atomic E-state index is 12.1. The number of nitrogens with zero attached hydrogens (tertiary/aromatic N) is 4. The number of hydrogen-bond donors (Lipinski definition) is 3. The average molecular weight is 458 g/mol. The van der Waals surface area contributed by atoms with Crippen molar-refractivity contribution in [3.8, 4) is 34.4 Å². The van der Waals surface area contributed by atoms with Crippen molar-refractivity contribution in [2.75, 3.05) is 20.0 Å². The summed E-state index contributed by atoms with van der Waals surface area (Å²) in [5.41, 5.74) is 3.76. The minimum absolute atomic E-state index is 0.0856. The summed E-state index contributed by atoms with van der Waals surface area (Å²) in [6.45, 7) is 2.58. The Bertz CT molecular complexity index is 1130. The van der Waals surface area contributed by atoms with E-state index in [1.54, 1.807) is 26.4 Å². The van der Waals surface area contributed by atoms with Crippen LogP contribution < -0.4 is 14.9 Å². The fourth-order valence-electron chi connectivity index (χ4n) is 2.83. The molecule has 3 N–H and O–H groups in total. The molecule has 0 aliphatic carbocycles. The van der Waals surface area contributed by atoms with Crippen LogP contribution in [0.4, 0.5) is 0 Å². The van der Waals surface area contributed by atoms with Crippen LogP contribution in [0, 0.1) is 0 Å². The lowest BCUT2D eigenvalue weighted by Crippen LogP contribution is -2.20. The summed E-state index contributed by atoms with van der Waals surface area (Å²) < 4.78 is 12.5. The number of carbonyl (C=O) groups is 1. The van der Waals surface area contributed by atoms with Gasteiger partial charge in [-0.1, -0.05) is 11.8 Å². The Morgan fingerprint density at radius 2 is 1.91 bits per heavy atom. The summed E-state index contributed by atoms with van der Waals surface area (Å²) >= 11 is 1.24. The van der Waals surface area contributed by atoms with E-state index in [-0.39, 0.29) is 23.2 Å². The van der Waals surface area contributed by atoms with Gasteiger partial charge in [0, 0.05) is 12.1 Å². The van der Waals surface area contributed by atoms with Gasteiger partial charge in [-0.15, -0.1) is 10.2 Å². The molecule has 0 bridgehead atoms. The fourth-order valence-corrected chi connectivity index (χ4v) is 3.63. The minimum Gasteiger partial charge on any atom is -0.504 e. The molecule has 0 saturated carbocycles. The van der Waals surface area contributed by atoms with Gasteiger partial charge in [-0.2, -0.15) is 5.10 Å². The number of hydrogen-bond acceptors (Lipinski definition) is 9. The second-order valence-electron chi connectivity index (χ2n) is 6.45. The first-order valence-corrected chi connectivity index (χ1v) is 10.6. The standard InChI is InChI=1S/C21H23N5O5S/c1-4-26-20(14-6-8-17(30-2)18(10-14)31-3)24-25-21(26)32-12-19(29)23-22-11-13-5-7-15(27)16(28)9-13/h5-11,27-28H,4,12H2,1-3H3,(H,23,29)/b22-11+. The molecule has 1 aromatic heterocycles. The van der Waals surface area contributed by atoms with Crippen molar-refractivity contribution < 1.29 is 24.5 Å². The number of phenols is 2. The number of thioether (sulfide) groups is 1. The van der Waals surface area contributed by atoms with Gasteiger partial charge < -0.3 is 24.3 Å². The molecule has 10 nitrogen and oxygen atoms in total. The van der Waals surface area contributed by atoms with Gasteiger partial charge in [-0.05, 0) is 48.9 Å². The van der Waals surface area contributed by atoms with E-state index in [0.29, 0.717) is 34.6 Å². The highest BCUT2D eigenvalue weighted by Crippen LogP contribution is 2.32. The summed E-state index contributed by atoms with van der Waals surface area (Å²) in [5.74, 6) is 1.13. The Labute approximate surface area is 188 Å². The number of nitrogens with one attached hydrogen (secondary N) is 1. The smallest absolute Gasteiger partial charge is 0.250 e. The van der Waals surface area contributed by atoms with Crippen molar-refractivity contribution in [1.29, 1.82) is 0 Å². The number of amides is 1. The van der Waals surface area contributed by atoms with Gasteiger partial charge in [-0.25, -0.2) is 5.43 Å². The molecule has 1 amide bonds.